The Bertz CT molecular complexity index is 1120. The molecule has 0 saturated carbocycles. The summed E-state index contributed by atoms with van der Waals surface area (Å²) < 4.78 is 71.1. The zero-order valence-electron chi connectivity index (χ0n) is 17.3. The maximum Gasteiger partial charge on any atom is 0.452 e. The van der Waals surface area contributed by atoms with Crippen LogP contribution < -0.4 is 5.32 Å². The SMILES string of the molecule is C=CC(=O)NC1CC(C)(C)N(S(=O)(=O)c2ccc(-c3cc(C(F)(F)F)on3)s2)C1(C)C. The van der Waals surface area contributed by atoms with E-state index in [1.807, 2.05) is 0 Å². The van der Waals surface area contributed by atoms with E-state index >= 15 is 0 Å². The van der Waals surface area contributed by atoms with Gasteiger partial charge in [-0.15, -0.1) is 11.3 Å². The first-order valence-corrected chi connectivity index (χ1v) is 11.5. The van der Waals surface area contributed by atoms with Crippen LogP contribution in [0.15, 0.2) is 39.6 Å². The normalized spacial score (nSPS) is 21.2. The Morgan fingerprint density at radius 2 is 2.00 bits per heavy atom. The second kappa shape index (κ2) is 7.45. The summed E-state index contributed by atoms with van der Waals surface area (Å²) in [5.74, 6) is -1.67. The largest absolute Gasteiger partial charge is 0.452 e. The first-order valence-electron chi connectivity index (χ1n) is 9.23. The molecule has 1 saturated heterocycles. The summed E-state index contributed by atoms with van der Waals surface area (Å²) in [6.07, 6.45) is -3.19. The summed E-state index contributed by atoms with van der Waals surface area (Å²) in [7, 11) is -4.04. The van der Waals surface area contributed by atoms with E-state index in [1.54, 1.807) is 27.7 Å². The Labute approximate surface area is 182 Å². The average molecular weight is 478 g/mol. The Morgan fingerprint density at radius 3 is 2.55 bits per heavy atom. The van der Waals surface area contributed by atoms with Crippen molar-refractivity contribution in [3.8, 4) is 10.6 Å². The third-order valence-electron chi connectivity index (χ3n) is 5.25. The number of rotatable bonds is 5. The van der Waals surface area contributed by atoms with Crippen LogP contribution in [0.3, 0.4) is 0 Å². The van der Waals surface area contributed by atoms with Crippen LogP contribution in [0.1, 0.15) is 39.9 Å². The Balaban J connectivity index is 1.97. The number of nitrogens with zero attached hydrogens (tertiary/aromatic N) is 2. The fourth-order valence-electron chi connectivity index (χ4n) is 4.06. The fraction of sp³-hybridized carbons (Fsp3) is 0.474. The number of hydrogen-bond acceptors (Lipinski definition) is 6. The Morgan fingerprint density at radius 1 is 1.35 bits per heavy atom. The first kappa shape index (κ1) is 23.5. The average Bonchev–Trinajstić information content (AvgIpc) is 3.31. The zero-order valence-corrected chi connectivity index (χ0v) is 18.9. The van der Waals surface area contributed by atoms with E-state index in [-0.39, 0.29) is 14.8 Å². The van der Waals surface area contributed by atoms with Gasteiger partial charge in [-0.1, -0.05) is 11.7 Å². The third-order valence-corrected chi connectivity index (χ3v) is 9.12. The predicted octanol–water partition coefficient (Wildman–Crippen LogP) is 4.04. The van der Waals surface area contributed by atoms with Gasteiger partial charge in [0.1, 0.15) is 9.90 Å². The summed E-state index contributed by atoms with van der Waals surface area (Å²) >= 11 is 0.802. The molecule has 1 fully saturated rings. The summed E-state index contributed by atoms with van der Waals surface area (Å²) in [5.41, 5.74) is -1.90. The number of nitrogens with one attached hydrogen (secondary N) is 1. The second-order valence-electron chi connectivity index (χ2n) is 8.40. The van der Waals surface area contributed by atoms with Gasteiger partial charge in [-0.3, -0.25) is 4.79 Å². The van der Waals surface area contributed by atoms with Crippen molar-refractivity contribution in [3.63, 3.8) is 0 Å². The van der Waals surface area contributed by atoms with Gasteiger partial charge in [0.2, 0.25) is 11.7 Å². The molecule has 31 heavy (non-hydrogen) atoms. The standard InChI is InChI=1S/C19H22F3N3O4S2/c1-6-15(26)23-13-10-17(2,3)25(18(13,4)5)31(27,28)16-8-7-12(30-16)11-9-14(29-24-11)19(20,21)22/h6-9,13H,1,10H2,2-5H3,(H,23,26). The van der Waals surface area contributed by atoms with Gasteiger partial charge in [0, 0.05) is 17.6 Å². The second-order valence-corrected chi connectivity index (χ2v) is 11.5. The highest BCUT2D eigenvalue weighted by Gasteiger charge is 2.57. The van der Waals surface area contributed by atoms with Gasteiger partial charge in [0.25, 0.3) is 10.0 Å². The molecule has 2 aromatic heterocycles. The predicted molar refractivity (Wildman–Crippen MR) is 109 cm³/mol. The molecule has 2 aromatic rings. The minimum absolute atomic E-state index is 0.0455. The van der Waals surface area contributed by atoms with Crippen LogP contribution in [-0.4, -0.2) is 40.9 Å². The zero-order chi connectivity index (χ0) is 23.4. The molecule has 3 heterocycles. The molecule has 1 aliphatic heterocycles. The topological polar surface area (TPSA) is 92.5 Å². The minimum Gasteiger partial charge on any atom is -0.351 e. The molecular weight excluding hydrogens is 455 g/mol. The van der Waals surface area contributed by atoms with Crippen LogP contribution in [0.2, 0.25) is 0 Å². The molecule has 7 nitrogen and oxygen atoms in total. The van der Waals surface area contributed by atoms with Crippen molar-refractivity contribution < 1.29 is 30.9 Å². The smallest absolute Gasteiger partial charge is 0.351 e. The molecule has 0 spiro atoms. The molecule has 3 rings (SSSR count). The van der Waals surface area contributed by atoms with Gasteiger partial charge in [-0.05, 0) is 52.3 Å². The lowest BCUT2D eigenvalue weighted by atomic mass is 9.94. The summed E-state index contributed by atoms with van der Waals surface area (Å²) in [6, 6.07) is 2.99. The van der Waals surface area contributed by atoms with Crippen molar-refractivity contribution >= 4 is 27.3 Å². The molecular formula is C19H22F3N3O4S2. The van der Waals surface area contributed by atoms with Crippen molar-refractivity contribution in [3.05, 3.63) is 36.6 Å². The quantitative estimate of drug-likeness (QED) is 0.656. The van der Waals surface area contributed by atoms with E-state index < -0.39 is 45.0 Å². The number of halogens is 3. The van der Waals surface area contributed by atoms with E-state index in [2.05, 4.69) is 21.6 Å². The van der Waals surface area contributed by atoms with Crippen LogP contribution in [-0.2, 0) is 21.0 Å². The van der Waals surface area contributed by atoms with Crippen molar-refractivity contribution in [1.82, 2.24) is 14.8 Å². The van der Waals surface area contributed by atoms with Gasteiger partial charge in [-0.2, -0.15) is 17.5 Å². The van der Waals surface area contributed by atoms with Gasteiger partial charge >= 0.3 is 6.18 Å². The molecule has 1 N–H and O–H groups in total. The van der Waals surface area contributed by atoms with Crippen molar-refractivity contribution in [2.45, 2.75) is 61.6 Å². The highest BCUT2D eigenvalue weighted by Crippen LogP contribution is 2.46. The van der Waals surface area contributed by atoms with Crippen molar-refractivity contribution in [1.29, 1.82) is 0 Å². The lowest BCUT2D eigenvalue weighted by Crippen LogP contribution is -2.56. The molecule has 0 aliphatic carbocycles. The number of amides is 1. The molecule has 170 valence electrons. The van der Waals surface area contributed by atoms with Crippen LogP contribution in [0.5, 0.6) is 0 Å². The van der Waals surface area contributed by atoms with Crippen LogP contribution >= 0.6 is 11.3 Å². The van der Waals surface area contributed by atoms with Crippen LogP contribution in [0.25, 0.3) is 10.6 Å². The number of carbonyl (C=O) groups excluding carboxylic acids is 1. The molecule has 0 bridgehead atoms. The summed E-state index contributed by atoms with van der Waals surface area (Å²) in [5, 5.41) is 6.19. The molecule has 1 unspecified atom stereocenters. The third kappa shape index (κ3) is 4.15. The van der Waals surface area contributed by atoms with Crippen LogP contribution in [0.4, 0.5) is 13.2 Å². The Kier molecular flexibility index (Phi) is 5.64. The maximum atomic E-state index is 13.6. The van der Waals surface area contributed by atoms with Gasteiger partial charge in [0.05, 0.1) is 10.4 Å². The first-order chi connectivity index (χ1) is 14.1. The molecule has 1 aliphatic rings. The number of alkyl halides is 3. The van der Waals surface area contributed by atoms with E-state index in [1.165, 1.54) is 16.4 Å². The minimum atomic E-state index is -4.69. The van der Waals surface area contributed by atoms with E-state index in [0.29, 0.717) is 6.42 Å². The van der Waals surface area contributed by atoms with Gasteiger partial charge < -0.3 is 9.84 Å². The summed E-state index contributed by atoms with van der Waals surface area (Å²) in [4.78, 5) is 12.1. The highest BCUT2D eigenvalue weighted by atomic mass is 32.2. The molecule has 12 heteroatoms. The van der Waals surface area contributed by atoms with E-state index in [9.17, 15) is 26.4 Å². The fourth-order valence-corrected chi connectivity index (χ4v) is 7.55. The number of hydrogen-bond donors (Lipinski definition) is 1. The van der Waals surface area contributed by atoms with Crippen molar-refractivity contribution in [2.75, 3.05) is 0 Å². The van der Waals surface area contributed by atoms with E-state index in [4.69, 9.17) is 0 Å². The molecule has 0 aromatic carbocycles. The van der Waals surface area contributed by atoms with E-state index in [0.717, 1.165) is 23.5 Å². The molecule has 1 amide bonds. The Hall–Kier alpha value is -2.18. The number of thiophene rings is 1. The van der Waals surface area contributed by atoms with Crippen LogP contribution in [0, 0.1) is 0 Å². The lowest BCUT2D eigenvalue weighted by Gasteiger charge is -2.39. The van der Waals surface area contributed by atoms with Crippen molar-refractivity contribution in [2.24, 2.45) is 0 Å². The van der Waals surface area contributed by atoms with Gasteiger partial charge in [-0.25, -0.2) is 8.42 Å². The number of sulfonamides is 1. The number of carbonyl (C=O) groups is 1. The number of aromatic nitrogens is 1. The highest BCUT2D eigenvalue weighted by molar-refractivity contribution is 7.91. The maximum absolute atomic E-state index is 13.6. The summed E-state index contributed by atoms with van der Waals surface area (Å²) in [6.45, 7) is 10.4. The molecule has 0 radical (unpaired) electrons. The van der Waals surface area contributed by atoms with Gasteiger partial charge in [0.15, 0.2) is 0 Å². The molecule has 1 atom stereocenters. The lowest BCUT2D eigenvalue weighted by molar-refractivity contribution is -0.155. The monoisotopic (exact) mass is 477 g/mol.